The van der Waals surface area contributed by atoms with Crippen LogP contribution >= 0.6 is 11.8 Å². The van der Waals surface area contributed by atoms with E-state index >= 15 is 0 Å². The Balaban J connectivity index is 2.45. The second-order valence-electron chi connectivity index (χ2n) is 3.27. The van der Waals surface area contributed by atoms with Crippen LogP contribution in [0.4, 0.5) is 5.69 Å². The van der Waals surface area contributed by atoms with Gasteiger partial charge in [0.2, 0.25) is 0 Å². The van der Waals surface area contributed by atoms with E-state index in [1.54, 1.807) is 18.2 Å². The SMILES string of the molecule is CCSCCCOc1ccc(N)cc1C#N. The zero-order chi connectivity index (χ0) is 11.8. The molecule has 0 aliphatic carbocycles. The molecule has 0 aliphatic rings. The van der Waals surface area contributed by atoms with E-state index in [0.717, 1.165) is 17.9 Å². The van der Waals surface area contributed by atoms with Crippen molar-refractivity contribution in [2.75, 3.05) is 23.8 Å². The minimum Gasteiger partial charge on any atom is -0.492 e. The van der Waals surface area contributed by atoms with Crippen molar-refractivity contribution < 1.29 is 4.74 Å². The number of nitrogens with zero attached hydrogens (tertiary/aromatic N) is 1. The van der Waals surface area contributed by atoms with Gasteiger partial charge in [-0.25, -0.2) is 0 Å². The molecule has 16 heavy (non-hydrogen) atoms. The molecule has 0 radical (unpaired) electrons. The number of nitrogens with two attached hydrogens (primary N) is 1. The van der Waals surface area contributed by atoms with Crippen LogP contribution in [0, 0.1) is 11.3 Å². The summed E-state index contributed by atoms with van der Waals surface area (Å²) in [4.78, 5) is 0. The van der Waals surface area contributed by atoms with Crippen LogP contribution in [0.25, 0.3) is 0 Å². The summed E-state index contributed by atoms with van der Waals surface area (Å²) in [5, 5.41) is 8.89. The molecule has 0 bridgehead atoms. The zero-order valence-corrected chi connectivity index (χ0v) is 10.2. The van der Waals surface area contributed by atoms with Gasteiger partial charge in [-0.3, -0.25) is 0 Å². The van der Waals surface area contributed by atoms with Crippen LogP contribution in [0.2, 0.25) is 0 Å². The lowest BCUT2D eigenvalue weighted by atomic mass is 10.2. The fourth-order valence-corrected chi connectivity index (χ4v) is 1.86. The Kier molecular flexibility index (Phi) is 5.58. The highest BCUT2D eigenvalue weighted by Gasteiger charge is 2.03. The van der Waals surface area contributed by atoms with Crippen LogP contribution in [-0.4, -0.2) is 18.1 Å². The zero-order valence-electron chi connectivity index (χ0n) is 9.40. The molecule has 0 spiro atoms. The minimum absolute atomic E-state index is 0.503. The largest absolute Gasteiger partial charge is 0.492 e. The highest BCUT2D eigenvalue weighted by molar-refractivity contribution is 7.99. The summed E-state index contributed by atoms with van der Waals surface area (Å²) < 4.78 is 5.54. The van der Waals surface area contributed by atoms with Crippen molar-refractivity contribution in [3.05, 3.63) is 23.8 Å². The summed E-state index contributed by atoms with van der Waals surface area (Å²) in [6.07, 6.45) is 0.994. The third-order valence-electron chi connectivity index (χ3n) is 2.02. The molecule has 1 rings (SSSR count). The normalized spacial score (nSPS) is 9.75. The van der Waals surface area contributed by atoms with E-state index in [2.05, 4.69) is 13.0 Å². The fourth-order valence-electron chi connectivity index (χ4n) is 1.25. The molecule has 4 heteroatoms. The highest BCUT2D eigenvalue weighted by atomic mass is 32.2. The van der Waals surface area contributed by atoms with Crippen LogP contribution in [0.5, 0.6) is 5.75 Å². The van der Waals surface area contributed by atoms with Crippen molar-refractivity contribution in [3.8, 4) is 11.8 Å². The van der Waals surface area contributed by atoms with E-state index in [1.807, 2.05) is 11.8 Å². The van der Waals surface area contributed by atoms with E-state index in [4.69, 9.17) is 15.7 Å². The second-order valence-corrected chi connectivity index (χ2v) is 4.66. The molecule has 0 atom stereocenters. The fraction of sp³-hybridized carbons (Fsp3) is 0.417. The molecule has 2 N–H and O–H groups in total. The molecule has 0 amide bonds. The maximum Gasteiger partial charge on any atom is 0.137 e. The topological polar surface area (TPSA) is 59.0 Å². The smallest absolute Gasteiger partial charge is 0.137 e. The average molecular weight is 236 g/mol. The van der Waals surface area contributed by atoms with Crippen LogP contribution in [0.1, 0.15) is 18.9 Å². The number of hydrogen-bond donors (Lipinski definition) is 1. The molecular formula is C12H16N2OS. The van der Waals surface area contributed by atoms with Crippen LogP contribution in [-0.2, 0) is 0 Å². The lowest BCUT2D eigenvalue weighted by molar-refractivity contribution is 0.318. The Labute approximate surface area is 101 Å². The summed E-state index contributed by atoms with van der Waals surface area (Å²) in [7, 11) is 0. The lowest BCUT2D eigenvalue weighted by Gasteiger charge is -2.07. The molecule has 0 saturated heterocycles. The van der Waals surface area contributed by atoms with Crippen molar-refractivity contribution in [2.45, 2.75) is 13.3 Å². The summed E-state index contributed by atoms with van der Waals surface area (Å²) in [5.41, 5.74) is 6.68. The van der Waals surface area contributed by atoms with E-state index in [9.17, 15) is 0 Å². The first-order valence-corrected chi connectivity index (χ1v) is 6.43. The summed E-state index contributed by atoms with van der Waals surface area (Å²) in [6, 6.07) is 7.21. The molecule has 0 saturated carbocycles. The Hall–Kier alpha value is -1.34. The van der Waals surface area contributed by atoms with Gasteiger partial charge in [-0.05, 0) is 36.1 Å². The van der Waals surface area contributed by atoms with Crippen molar-refractivity contribution >= 4 is 17.4 Å². The van der Waals surface area contributed by atoms with E-state index in [-0.39, 0.29) is 0 Å². The molecule has 0 fully saturated rings. The molecular weight excluding hydrogens is 220 g/mol. The standard InChI is InChI=1S/C12H16N2OS/c1-2-16-7-3-6-15-12-5-4-11(14)8-10(12)9-13/h4-5,8H,2-3,6-7,14H2,1H3. The van der Waals surface area contributed by atoms with E-state index < -0.39 is 0 Å². The van der Waals surface area contributed by atoms with Crippen molar-refractivity contribution in [3.63, 3.8) is 0 Å². The second kappa shape index (κ2) is 7.02. The van der Waals surface area contributed by atoms with Gasteiger partial charge in [-0.2, -0.15) is 17.0 Å². The summed E-state index contributed by atoms with van der Waals surface area (Å²) in [5.74, 6) is 2.84. The van der Waals surface area contributed by atoms with Gasteiger partial charge in [0.1, 0.15) is 11.8 Å². The minimum atomic E-state index is 0.503. The average Bonchev–Trinajstić information content (AvgIpc) is 2.30. The molecule has 1 aromatic carbocycles. The predicted octanol–water partition coefficient (Wildman–Crippen LogP) is 2.66. The molecule has 0 aliphatic heterocycles. The van der Waals surface area contributed by atoms with Gasteiger partial charge in [0.25, 0.3) is 0 Å². The number of nitriles is 1. The first kappa shape index (κ1) is 12.7. The molecule has 1 aromatic rings. The number of thioether (sulfide) groups is 1. The number of anilines is 1. The highest BCUT2D eigenvalue weighted by Crippen LogP contribution is 2.20. The summed E-state index contributed by atoms with van der Waals surface area (Å²) >= 11 is 1.89. The van der Waals surface area contributed by atoms with Crippen LogP contribution in [0.3, 0.4) is 0 Å². The number of nitrogen functional groups attached to an aromatic ring is 1. The van der Waals surface area contributed by atoms with Gasteiger partial charge >= 0.3 is 0 Å². The monoisotopic (exact) mass is 236 g/mol. The quantitative estimate of drug-likeness (QED) is 0.609. The van der Waals surface area contributed by atoms with Crippen molar-refractivity contribution in [1.82, 2.24) is 0 Å². The van der Waals surface area contributed by atoms with Gasteiger partial charge in [0, 0.05) is 5.69 Å². The first-order chi connectivity index (χ1) is 7.77. The van der Waals surface area contributed by atoms with Gasteiger partial charge in [-0.1, -0.05) is 6.92 Å². The number of hydrogen-bond acceptors (Lipinski definition) is 4. The number of ether oxygens (including phenoxy) is 1. The van der Waals surface area contributed by atoms with Gasteiger partial charge in [0.05, 0.1) is 12.2 Å². The maximum absolute atomic E-state index is 8.89. The molecule has 86 valence electrons. The predicted molar refractivity (Wildman–Crippen MR) is 68.7 cm³/mol. The molecule has 0 aromatic heterocycles. The van der Waals surface area contributed by atoms with E-state index in [1.165, 1.54) is 0 Å². The Morgan fingerprint density at radius 3 is 3.00 bits per heavy atom. The lowest BCUT2D eigenvalue weighted by Crippen LogP contribution is -2.01. The molecule has 3 nitrogen and oxygen atoms in total. The van der Waals surface area contributed by atoms with Crippen molar-refractivity contribution in [1.29, 1.82) is 5.26 Å². The first-order valence-electron chi connectivity index (χ1n) is 5.28. The molecule has 0 heterocycles. The Bertz CT molecular complexity index is 374. The van der Waals surface area contributed by atoms with Gasteiger partial charge in [0.15, 0.2) is 0 Å². The van der Waals surface area contributed by atoms with Crippen LogP contribution in [0.15, 0.2) is 18.2 Å². The molecule has 0 unspecified atom stereocenters. The Morgan fingerprint density at radius 1 is 1.50 bits per heavy atom. The Morgan fingerprint density at radius 2 is 2.31 bits per heavy atom. The van der Waals surface area contributed by atoms with E-state index in [0.29, 0.717) is 23.6 Å². The number of rotatable bonds is 6. The number of benzene rings is 1. The third-order valence-corrected chi connectivity index (χ3v) is 3.00. The maximum atomic E-state index is 8.89. The van der Waals surface area contributed by atoms with Gasteiger partial charge < -0.3 is 10.5 Å². The van der Waals surface area contributed by atoms with Gasteiger partial charge in [-0.15, -0.1) is 0 Å². The summed E-state index contributed by atoms with van der Waals surface area (Å²) in [6.45, 7) is 2.78. The van der Waals surface area contributed by atoms with Crippen LogP contribution < -0.4 is 10.5 Å². The third kappa shape index (κ3) is 4.03. The van der Waals surface area contributed by atoms with Crippen molar-refractivity contribution in [2.24, 2.45) is 0 Å².